The zero-order chi connectivity index (χ0) is 12.6. The van der Waals surface area contributed by atoms with E-state index in [1.165, 1.54) is 16.4 Å². The Bertz CT molecular complexity index is 539. The van der Waals surface area contributed by atoms with Crippen molar-refractivity contribution >= 4 is 34.0 Å². The second-order valence-electron chi connectivity index (χ2n) is 3.99. The van der Waals surface area contributed by atoms with Gasteiger partial charge in [-0.2, -0.15) is 4.31 Å². The second kappa shape index (κ2) is 5.71. The quantitative estimate of drug-likeness (QED) is 0.902. The molecule has 0 amide bonds. The van der Waals surface area contributed by atoms with Crippen molar-refractivity contribution in [2.24, 2.45) is 5.73 Å². The van der Waals surface area contributed by atoms with E-state index in [9.17, 15) is 12.8 Å². The van der Waals surface area contributed by atoms with Crippen LogP contribution in [-0.4, -0.2) is 31.9 Å². The molecule has 0 aromatic heterocycles. The topological polar surface area (TPSA) is 63.4 Å². The second-order valence-corrected chi connectivity index (χ2v) is 6.33. The van der Waals surface area contributed by atoms with Crippen LogP contribution in [0.2, 0.25) is 5.02 Å². The minimum atomic E-state index is -3.80. The normalized spacial score (nSPS) is 20.7. The van der Waals surface area contributed by atoms with Crippen LogP contribution in [0.15, 0.2) is 23.1 Å². The Balaban J connectivity index is 0.00000162. The zero-order valence-corrected chi connectivity index (χ0v) is 11.7. The van der Waals surface area contributed by atoms with Crippen LogP contribution >= 0.6 is 24.0 Å². The average molecular weight is 315 g/mol. The standard InChI is InChI=1S/C10H12ClFN2O2S.ClH/c11-7-1-2-10(9(12)5-7)17(15,16)14-4-3-8(13)6-14;/h1-2,5,8H,3-4,6,13H2;1H/t8-;/m0./s1. The summed E-state index contributed by atoms with van der Waals surface area (Å²) in [7, 11) is -3.80. The number of sulfonamides is 1. The van der Waals surface area contributed by atoms with Crippen molar-refractivity contribution in [2.45, 2.75) is 17.4 Å². The molecule has 18 heavy (non-hydrogen) atoms. The Kier molecular flexibility index (Phi) is 4.97. The molecule has 1 fully saturated rings. The summed E-state index contributed by atoms with van der Waals surface area (Å²) in [4.78, 5) is -0.351. The molecule has 1 saturated heterocycles. The number of nitrogens with zero attached hydrogens (tertiary/aromatic N) is 1. The van der Waals surface area contributed by atoms with Gasteiger partial charge in [0, 0.05) is 24.2 Å². The maximum Gasteiger partial charge on any atom is 0.246 e. The van der Waals surface area contributed by atoms with Crippen LogP contribution in [0.5, 0.6) is 0 Å². The van der Waals surface area contributed by atoms with Crippen LogP contribution < -0.4 is 5.73 Å². The summed E-state index contributed by atoms with van der Waals surface area (Å²) in [5.41, 5.74) is 5.64. The van der Waals surface area contributed by atoms with E-state index < -0.39 is 15.8 Å². The summed E-state index contributed by atoms with van der Waals surface area (Å²) in [6.45, 7) is 0.552. The summed E-state index contributed by atoms with van der Waals surface area (Å²) in [6, 6.07) is 3.34. The van der Waals surface area contributed by atoms with E-state index >= 15 is 0 Å². The van der Waals surface area contributed by atoms with Gasteiger partial charge in [0.25, 0.3) is 0 Å². The third-order valence-electron chi connectivity index (χ3n) is 2.70. The molecule has 1 aliphatic rings. The molecule has 0 bridgehead atoms. The van der Waals surface area contributed by atoms with Gasteiger partial charge in [-0.1, -0.05) is 11.6 Å². The lowest BCUT2D eigenvalue weighted by atomic mass is 10.3. The summed E-state index contributed by atoms with van der Waals surface area (Å²) in [5, 5.41) is 0.166. The molecule has 0 radical (unpaired) electrons. The fourth-order valence-corrected chi connectivity index (χ4v) is 3.51. The largest absolute Gasteiger partial charge is 0.326 e. The number of benzene rings is 1. The summed E-state index contributed by atoms with van der Waals surface area (Å²) < 4.78 is 39.0. The maximum atomic E-state index is 13.6. The van der Waals surface area contributed by atoms with E-state index in [1.807, 2.05) is 0 Å². The molecule has 102 valence electrons. The lowest BCUT2D eigenvalue weighted by Crippen LogP contribution is -2.32. The molecule has 2 N–H and O–H groups in total. The highest BCUT2D eigenvalue weighted by Crippen LogP contribution is 2.24. The first-order valence-electron chi connectivity index (χ1n) is 5.12. The van der Waals surface area contributed by atoms with Crippen molar-refractivity contribution < 1.29 is 12.8 Å². The molecule has 1 atom stereocenters. The van der Waals surface area contributed by atoms with E-state index in [2.05, 4.69) is 0 Å². The van der Waals surface area contributed by atoms with Gasteiger partial charge < -0.3 is 5.73 Å². The number of hydrogen-bond acceptors (Lipinski definition) is 3. The number of rotatable bonds is 2. The number of hydrogen-bond donors (Lipinski definition) is 1. The monoisotopic (exact) mass is 314 g/mol. The summed E-state index contributed by atoms with van der Waals surface area (Å²) in [5.74, 6) is -0.835. The zero-order valence-electron chi connectivity index (χ0n) is 9.34. The lowest BCUT2D eigenvalue weighted by Gasteiger charge is -2.16. The molecule has 0 spiro atoms. The Labute approximate surface area is 116 Å². The molecule has 1 aromatic rings. The molecule has 0 aliphatic carbocycles. The van der Waals surface area contributed by atoms with Crippen molar-refractivity contribution in [1.82, 2.24) is 4.31 Å². The molecule has 2 rings (SSSR count). The van der Waals surface area contributed by atoms with E-state index in [4.69, 9.17) is 17.3 Å². The van der Waals surface area contributed by atoms with E-state index in [0.717, 1.165) is 6.07 Å². The van der Waals surface area contributed by atoms with Crippen LogP contribution in [-0.2, 0) is 10.0 Å². The summed E-state index contributed by atoms with van der Waals surface area (Å²) in [6.07, 6.45) is 0.592. The van der Waals surface area contributed by atoms with Gasteiger partial charge in [0.05, 0.1) is 0 Å². The van der Waals surface area contributed by atoms with E-state index in [-0.39, 0.29) is 34.9 Å². The smallest absolute Gasteiger partial charge is 0.246 e. The van der Waals surface area contributed by atoms with E-state index in [1.54, 1.807) is 0 Å². The minimum Gasteiger partial charge on any atom is -0.326 e. The highest BCUT2D eigenvalue weighted by Gasteiger charge is 2.32. The molecule has 1 aromatic carbocycles. The van der Waals surface area contributed by atoms with Crippen molar-refractivity contribution in [2.75, 3.05) is 13.1 Å². The number of halogens is 3. The predicted octanol–water partition coefficient (Wildman–Crippen LogP) is 1.62. The summed E-state index contributed by atoms with van der Waals surface area (Å²) >= 11 is 5.58. The molecule has 1 aliphatic heterocycles. The van der Waals surface area contributed by atoms with Crippen LogP contribution in [0.25, 0.3) is 0 Å². The van der Waals surface area contributed by atoms with Crippen LogP contribution in [0, 0.1) is 5.82 Å². The molecular formula is C10H13Cl2FN2O2S. The van der Waals surface area contributed by atoms with Crippen LogP contribution in [0.3, 0.4) is 0 Å². The molecule has 0 saturated carbocycles. The van der Waals surface area contributed by atoms with Gasteiger partial charge in [0.2, 0.25) is 10.0 Å². The Morgan fingerprint density at radius 1 is 1.44 bits per heavy atom. The van der Waals surface area contributed by atoms with Crippen LogP contribution in [0.4, 0.5) is 4.39 Å². The Morgan fingerprint density at radius 3 is 2.61 bits per heavy atom. The maximum absolute atomic E-state index is 13.6. The minimum absolute atomic E-state index is 0. The molecule has 4 nitrogen and oxygen atoms in total. The van der Waals surface area contributed by atoms with Crippen LogP contribution in [0.1, 0.15) is 6.42 Å². The first-order valence-corrected chi connectivity index (χ1v) is 6.94. The van der Waals surface area contributed by atoms with Gasteiger partial charge in [-0.15, -0.1) is 12.4 Å². The van der Waals surface area contributed by atoms with Gasteiger partial charge in [-0.25, -0.2) is 12.8 Å². The third kappa shape index (κ3) is 2.95. The highest BCUT2D eigenvalue weighted by molar-refractivity contribution is 7.89. The molecule has 8 heteroatoms. The van der Waals surface area contributed by atoms with Gasteiger partial charge in [0.15, 0.2) is 0 Å². The fraction of sp³-hybridized carbons (Fsp3) is 0.400. The van der Waals surface area contributed by atoms with Gasteiger partial charge in [0.1, 0.15) is 10.7 Å². The van der Waals surface area contributed by atoms with Crippen molar-refractivity contribution in [1.29, 1.82) is 0 Å². The molecule has 1 heterocycles. The van der Waals surface area contributed by atoms with Crippen molar-refractivity contribution in [3.05, 3.63) is 29.0 Å². The average Bonchev–Trinajstić information content (AvgIpc) is 2.64. The third-order valence-corrected chi connectivity index (χ3v) is 4.83. The lowest BCUT2D eigenvalue weighted by molar-refractivity contribution is 0.465. The first-order chi connectivity index (χ1) is 7.91. The fourth-order valence-electron chi connectivity index (χ4n) is 1.80. The highest BCUT2D eigenvalue weighted by atomic mass is 35.5. The Morgan fingerprint density at radius 2 is 2.11 bits per heavy atom. The van der Waals surface area contributed by atoms with Gasteiger partial charge in [-0.3, -0.25) is 0 Å². The van der Waals surface area contributed by atoms with Gasteiger partial charge >= 0.3 is 0 Å². The molecule has 0 unspecified atom stereocenters. The Hall–Kier alpha value is -0.400. The van der Waals surface area contributed by atoms with Gasteiger partial charge in [-0.05, 0) is 24.6 Å². The predicted molar refractivity (Wildman–Crippen MR) is 70.0 cm³/mol. The van der Waals surface area contributed by atoms with Crippen molar-refractivity contribution in [3.63, 3.8) is 0 Å². The number of nitrogens with two attached hydrogens (primary N) is 1. The molecular weight excluding hydrogens is 302 g/mol. The van der Waals surface area contributed by atoms with E-state index in [0.29, 0.717) is 13.0 Å². The van der Waals surface area contributed by atoms with Crippen molar-refractivity contribution in [3.8, 4) is 0 Å². The first kappa shape index (κ1) is 15.7. The SMILES string of the molecule is Cl.N[C@H]1CCN(S(=O)(=O)c2ccc(Cl)cc2F)C1.